The van der Waals surface area contributed by atoms with Crippen molar-refractivity contribution in [3.8, 4) is 5.75 Å². The molecule has 1 N–H and O–H groups in total. The van der Waals surface area contributed by atoms with E-state index in [1.807, 2.05) is 30.3 Å². The van der Waals surface area contributed by atoms with Crippen molar-refractivity contribution >= 4 is 28.5 Å². The Morgan fingerprint density at radius 3 is 2.71 bits per heavy atom. The number of hydrogen-bond donors (Lipinski definition) is 1. The van der Waals surface area contributed by atoms with Crippen molar-refractivity contribution < 1.29 is 9.53 Å². The Labute approximate surface area is 97.0 Å². The first-order chi connectivity index (χ1) is 6.83. The van der Waals surface area contributed by atoms with E-state index in [2.05, 4.69) is 27.9 Å². The van der Waals surface area contributed by atoms with E-state index in [1.54, 1.807) is 0 Å². The Bertz CT molecular complexity index is 277. The second-order valence-electron chi connectivity index (χ2n) is 2.64. The van der Waals surface area contributed by atoms with Crippen LogP contribution in [0.5, 0.6) is 5.75 Å². The number of hydrogen-bond acceptors (Lipinski definition) is 2. The maximum Gasteiger partial charge on any atom is 0.257 e. The molecule has 0 aliphatic rings. The molecule has 1 amide bonds. The number of rotatable bonds is 5. The molecule has 0 aromatic heterocycles. The van der Waals surface area contributed by atoms with E-state index in [1.165, 1.54) is 0 Å². The zero-order valence-corrected chi connectivity index (χ0v) is 9.86. The van der Waals surface area contributed by atoms with Gasteiger partial charge in [-0.15, -0.1) is 0 Å². The molecular formula is C10H12INO2. The van der Waals surface area contributed by atoms with Crippen LogP contribution in [0.25, 0.3) is 0 Å². The van der Waals surface area contributed by atoms with Gasteiger partial charge in [0.25, 0.3) is 5.91 Å². The lowest BCUT2D eigenvalue weighted by molar-refractivity contribution is -0.122. The summed E-state index contributed by atoms with van der Waals surface area (Å²) in [5.41, 5.74) is 0. The van der Waals surface area contributed by atoms with Crippen LogP contribution in [0.4, 0.5) is 0 Å². The summed E-state index contributed by atoms with van der Waals surface area (Å²) in [4.78, 5) is 11.1. The molecule has 76 valence electrons. The van der Waals surface area contributed by atoms with Crippen molar-refractivity contribution in [3.63, 3.8) is 0 Å². The van der Waals surface area contributed by atoms with Gasteiger partial charge in [-0.25, -0.2) is 0 Å². The minimum absolute atomic E-state index is 0.0782. The standard InChI is InChI=1S/C10H12INO2/c11-6-7-12-10(13)8-14-9-4-2-1-3-5-9/h1-5H,6-8H2,(H,12,13). The van der Waals surface area contributed by atoms with Crippen molar-refractivity contribution in [1.29, 1.82) is 0 Å². The fraction of sp³-hybridized carbons (Fsp3) is 0.300. The molecule has 1 aromatic carbocycles. The molecule has 0 unspecified atom stereocenters. The fourth-order valence-corrected chi connectivity index (χ4v) is 1.17. The summed E-state index contributed by atoms with van der Waals surface area (Å²) in [5.74, 6) is 0.641. The monoisotopic (exact) mass is 305 g/mol. The summed E-state index contributed by atoms with van der Waals surface area (Å²) in [7, 11) is 0. The van der Waals surface area contributed by atoms with E-state index in [0.717, 1.165) is 10.2 Å². The number of benzene rings is 1. The highest BCUT2D eigenvalue weighted by atomic mass is 127. The van der Waals surface area contributed by atoms with Gasteiger partial charge in [-0.3, -0.25) is 4.79 Å². The highest BCUT2D eigenvalue weighted by Gasteiger charge is 2.00. The molecule has 1 aromatic rings. The second kappa shape index (κ2) is 6.64. The van der Waals surface area contributed by atoms with Crippen LogP contribution < -0.4 is 10.1 Å². The van der Waals surface area contributed by atoms with Gasteiger partial charge in [0.2, 0.25) is 0 Å². The zero-order valence-electron chi connectivity index (χ0n) is 7.70. The van der Waals surface area contributed by atoms with Crippen LogP contribution in [-0.2, 0) is 4.79 Å². The first-order valence-electron chi connectivity index (χ1n) is 4.33. The van der Waals surface area contributed by atoms with Gasteiger partial charge in [-0.1, -0.05) is 40.8 Å². The first-order valence-corrected chi connectivity index (χ1v) is 5.86. The molecule has 0 spiro atoms. The van der Waals surface area contributed by atoms with Gasteiger partial charge < -0.3 is 10.1 Å². The van der Waals surface area contributed by atoms with E-state index in [4.69, 9.17) is 4.74 Å². The molecule has 0 bridgehead atoms. The summed E-state index contributed by atoms with van der Waals surface area (Å²) in [6.07, 6.45) is 0. The van der Waals surface area contributed by atoms with Gasteiger partial charge >= 0.3 is 0 Å². The minimum Gasteiger partial charge on any atom is -0.484 e. The fourth-order valence-electron chi connectivity index (χ4n) is 0.903. The van der Waals surface area contributed by atoms with Crippen LogP contribution in [-0.4, -0.2) is 23.5 Å². The maximum absolute atomic E-state index is 11.1. The van der Waals surface area contributed by atoms with Gasteiger partial charge in [-0.2, -0.15) is 0 Å². The van der Waals surface area contributed by atoms with Crippen molar-refractivity contribution in [2.24, 2.45) is 0 Å². The van der Waals surface area contributed by atoms with Crippen LogP contribution in [0.15, 0.2) is 30.3 Å². The van der Waals surface area contributed by atoms with Gasteiger partial charge in [0.15, 0.2) is 6.61 Å². The molecule has 4 heteroatoms. The third-order valence-electron chi connectivity index (χ3n) is 1.53. The van der Waals surface area contributed by atoms with E-state index < -0.39 is 0 Å². The molecule has 0 aliphatic carbocycles. The molecule has 3 nitrogen and oxygen atoms in total. The molecule has 0 heterocycles. The third-order valence-corrected chi connectivity index (χ3v) is 2.07. The second-order valence-corrected chi connectivity index (χ2v) is 3.72. The summed E-state index contributed by atoms with van der Waals surface area (Å²) in [5, 5.41) is 2.73. The SMILES string of the molecule is O=C(COc1ccccc1)NCCI. The molecule has 0 radical (unpaired) electrons. The smallest absolute Gasteiger partial charge is 0.257 e. The van der Waals surface area contributed by atoms with Crippen LogP contribution in [0.2, 0.25) is 0 Å². The molecule has 14 heavy (non-hydrogen) atoms. The molecule has 0 fully saturated rings. The normalized spacial score (nSPS) is 9.50. The Balaban J connectivity index is 2.24. The summed E-state index contributed by atoms with van der Waals surface area (Å²) in [6, 6.07) is 9.30. The lowest BCUT2D eigenvalue weighted by Gasteiger charge is -2.05. The highest BCUT2D eigenvalue weighted by Crippen LogP contribution is 2.07. The van der Waals surface area contributed by atoms with Crippen molar-refractivity contribution in [2.45, 2.75) is 0 Å². The topological polar surface area (TPSA) is 38.3 Å². The van der Waals surface area contributed by atoms with Crippen molar-refractivity contribution in [2.75, 3.05) is 17.6 Å². The number of alkyl halides is 1. The average molecular weight is 305 g/mol. The summed E-state index contributed by atoms with van der Waals surface area (Å²) in [6.45, 7) is 0.776. The number of carbonyl (C=O) groups is 1. The van der Waals surface area contributed by atoms with E-state index in [0.29, 0.717) is 6.54 Å². The third kappa shape index (κ3) is 4.45. The Hall–Kier alpha value is -0.780. The van der Waals surface area contributed by atoms with Crippen LogP contribution in [0, 0.1) is 0 Å². The van der Waals surface area contributed by atoms with E-state index in [9.17, 15) is 4.79 Å². The number of nitrogens with one attached hydrogen (secondary N) is 1. The zero-order chi connectivity index (χ0) is 10.2. The predicted molar refractivity (Wildman–Crippen MR) is 63.8 cm³/mol. The molecule has 0 aliphatic heterocycles. The average Bonchev–Trinajstić information content (AvgIpc) is 2.25. The lowest BCUT2D eigenvalue weighted by Crippen LogP contribution is -2.30. The number of carbonyl (C=O) groups excluding carboxylic acids is 1. The molecule has 0 saturated heterocycles. The summed E-state index contributed by atoms with van der Waals surface area (Å²) < 4.78 is 6.16. The maximum atomic E-state index is 11.1. The Kier molecular flexibility index (Phi) is 5.36. The van der Waals surface area contributed by atoms with E-state index in [-0.39, 0.29) is 12.5 Å². The molecular weight excluding hydrogens is 293 g/mol. The van der Waals surface area contributed by atoms with Crippen LogP contribution in [0.1, 0.15) is 0 Å². The Morgan fingerprint density at radius 1 is 1.36 bits per heavy atom. The number of para-hydroxylation sites is 1. The summed E-state index contributed by atoms with van der Waals surface area (Å²) >= 11 is 2.21. The number of amides is 1. The molecule has 0 saturated carbocycles. The van der Waals surface area contributed by atoms with Crippen molar-refractivity contribution in [1.82, 2.24) is 5.32 Å². The first kappa shape index (κ1) is 11.3. The van der Waals surface area contributed by atoms with Gasteiger partial charge in [-0.05, 0) is 12.1 Å². The predicted octanol–water partition coefficient (Wildman–Crippen LogP) is 1.62. The lowest BCUT2D eigenvalue weighted by atomic mass is 10.3. The van der Waals surface area contributed by atoms with Crippen molar-refractivity contribution in [3.05, 3.63) is 30.3 Å². The largest absolute Gasteiger partial charge is 0.484 e. The minimum atomic E-state index is -0.0782. The number of ether oxygens (including phenoxy) is 1. The Morgan fingerprint density at radius 2 is 2.07 bits per heavy atom. The van der Waals surface area contributed by atoms with Crippen LogP contribution >= 0.6 is 22.6 Å². The number of halogens is 1. The van der Waals surface area contributed by atoms with Gasteiger partial charge in [0.1, 0.15) is 5.75 Å². The van der Waals surface area contributed by atoms with E-state index >= 15 is 0 Å². The van der Waals surface area contributed by atoms with Crippen LogP contribution in [0.3, 0.4) is 0 Å². The molecule has 1 rings (SSSR count). The van der Waals surface area contributed by atoms with Gasteiger partial charge in [0.05, 0.1) is 0 Å². The molecule has 0 atom stereocenters. The van der Waals surface area contributed by atoms with Gasteiger partial charge in [0, 0.05) is 11.0 Å². The highest BCUT2D eigenvalue weighted by molar-refractivity contribution is 14.1. The quantitative estimate of drug-likeness (QED) is 0.663.